The first-order valence-electron chi connectivity index (χ1n) is 4.07. The highest BCUT2D eigenvalue weighted by molar-refractivity contribution is 5.06. The quantitative estimate of drug-likeness (QED) is 0.755. The van der Waals surface area contributed by atoms with Crippen LogP contribution in [0.1, 0.15) is 23.9 Å². The molecule has 0 aliphatic rings. The third kappa shape index (κ3) is 2.68. The molecule has 78 valence electrons. The summed E-state index contributed by atoms with van der Waals surface area (Å²) in [6.45, 7) is 0.308. The lowest BCUT2D eigenvalue weighted by Crippen LogP contribution is -2.17. The van der Waals surface area contributed by atoms with Crippen LogP contribution in [0.15, 0.2) is 12.4 Å². The predicted octanol–water partition coefficient (Wildman–Crippen LogP) is 0.667. The van der Waals surface area contributed by atoms with Gasteiger partial charge in [0.25, 0.3) is 6.43 Å². The van der Waals surface area contributed by atoms with Crippen LogP contribution in [0.4, 0.5) is 8.78 Å². The van der Waals surface area contributed by atoms with Gasteiger partial charge in [0.05, 0.1) is 18.1 Å². The molecule has 1 heterocycles. The Labute approximate surface area is 80.0 Å². The second kappa shape index (κ2) is 4.92. The van der Waals surface area contributed by atoms with Crippen LogP contribution in [0.3, 0.4) is 0 Å². The van der Waals surface area contributed by atoms with Crippen LogP contribution in [0.5, 0.6) is 0 Å². The van der Waals surface area contributed by atoms with Gasteiger partial charge in [-0.2, -0.15) is 0 Å². The van der Waals surface area contributed by atoms with E-state index in [0.29, 0.717) is 6.54 Å². The molecule has 1 aromatic heterocycles. The van der Waals surface area contributed by atoms with E-state index in [1.165, 1.54) is 0 Å². The summed E-state index contributed by atoms with van der Waals surface area (Å²) < 4.78 is 24.1. The number of alkyl halides is 2. The Balaban J connectivity index is 2.72. The zero-order valence-electron chi connectivity index (χ0n) is 7.61. The standard InChI is InChI=1S/C8H11F2N3O/c1-11-4-7(14)5-2-13-6(3-12-5)8(9)10/h2-3,7-8,11,14H,4H2,1H3. The molecular formula is C8H11F2N3O. The molecule has 0 bridgehead atoms. The largest absolute Gasteiger partial charge is 0.385 e. The summed E-state index contributed by atoms with van der Waals surface area (Å²) in [6.07, 6.45) is -1.32. The summed E-state index contributed by atoms with van der Waals surface area (Å²) in [4.78, 5) is 7.17. The van der Waals surface area contributed by atoms with Gasteiger partial charge in [-0.1, -0.05) is 0 Å². The van der Waals surface area contributed by atoms with Gasteiger partial charge in [0.2, 0.25) is 0 Å². The molecule has 0 aliphatic carbocycles. The van der Waals surface area contributed by atoms with Gasteiger partial charge < -0.3 is 10.4 Å². The molecule has 0 aromatic carbocycles. The van der Waals surface area contributed by atoms with Gasteiger partial charge in [-0.05, 0) is 7.05 Å². The summed E-state index contributed by atoms with van der Waals surface area (Å²) in [7, 11) is 1.67. The van der Waals surface area contributed by atoms with E-state index in [9.17, 15) is 13.9 Å². The van der Waals surface area contributed by atoms with Gasteiger partial charge in [-0.15, -0.1) is 0 Å². The maximum atomic E-state index is 12.1. The first-order chi connectivity index (χ1) is 6.65. The Morgan fingerprint density at radius 1 is 1.36 bits per heavy atom. The normalized spacial score (nSPS) is 13.2. The summed E-state index contributed by atoms with van der Waals surface area (Å²) in [5.74, 6) is 0. The van der Waals surface area contributed by atoms with Crippen molar-refractivity contribution in [3.63, 3.8) is 0 Å². The zero-order valence-corrected chi connectivity index (χ0v) is 7.61. The van der Waals surface area contributed by atoms with Crippen molar-refractivity contribution in [1.82, 2.24) is 15.3 Å². The van der Waals surface area contributed by atoms with Crippen LogP contribution in [0.25, 0.3) is 0 Å². The lowest BCUT2D eigenvalue weighted by Gasteiger charge is -2.08. The molecule has 2 N–H and O–H groups in total. The number of halogens is 2. The van der Waals surface area contributed by atoms with Crippen molar-refractivity contribution in [1.29, 1.82) is 0 Å². The third-order valence-electron chi connectivity index (χ3n) is 1.65. The smallest absolute Gasteiger partial charge is 0.281 e. The molecule has 0 radical (unpaired) electrons. The number of likely N-dealkylation sites (N-methyl/N-ethyl adjacent to an activating group) is 1. The number of hydrogen-bond donors (Lipinski definition) is 2. The van der Waals surface area contributed by atoms with Gasteiger partial charge in [0.15, 0.2) is 0 Å². The fraction of sp³-hybridized carbons (Fsp3) is 0.500. The first-order valence-corrected chi connectivity index (χ1v) is 4.07. The van der Waals surface area contributed by atoms with E-state index < -0.39 is 12.5 Å². The maximum Gasteiger partial charge on any atom is 0.281 e. The Kier molecular flexibility index (Phi) is 3.84. The van der Waals surface area contributed by atoms with Crippen LogP contribution < -0.4 is 5.32 Å². The molecule has 1 aromatic rings. The molecule has 0 fully saturated rings. The van der Waals surface area contributed by atoms with Crippen molar-refractivity contribution in [3.8, 4) is 0 Å². The number of rotatable bonds is 4. The van der Waals surface area contributed by atoms with Crippen LogP contribution in [-0.4, -0.2) is 28.7 Å². The summed E-state index contributed by atoms with van der Waals surface area (Å²) in [5.41, 5.74) is -0.103. The minimum Gasteiger partial charge on any atom is -0.385 e. The molecule has 1 rings (SSSR count). The van der Waals surface area contributed by atoms with Gasteiger partial charge in [0, 0.05) is 6.54 Å². The molecular weight excluding hydrogens is 192 g/mol. The van der Waals surface area contributed by atoms with Crippen LogP contribution in [0.2, 0.25) is 0 Å². The Hall–Kier alpha value is -1.14. The number of nitrogens with one attached hydrogen (secondary N) is 1. The van der Waals surface area contributed by atoms with Crippen LogP contribution >= 0.6 is 0 Å². The fourth-order valence-electron chi connectivity index (χ4n) is 0.931. The Morgan fingerprint density at radius 3 is 2.36 bits per heavy atom. The molecule has 0 saturated carbocycles. The van der Waals surface area contributed by atoms with E-state index in [4.69, 9.17) is 0 Å². The lowest BCUT2D eigenvalue weighted by atomic mass is 10.2. The fourth-order valence-corrected chi connectivity index (χ4v) is 0.931. The Bertz CT molecular complexity index is 278. The monoisotopic (exact) mass is 203 g/mol. The zero-order chi connectivity index (χ0) is 10.6. The van der Waals surface area contributed by atoms with Crippen LogP contribution in [0, 0.1) is 0 Å². The average molecular weight is 203 g/mol. The van der Waals surface area contributed by atoms with Crippen molar-refractivity contribution in [3.05, 3.63) is 23.8 Å². The molecule has 4 nitrogen and oxygen atoms in total. The number of aromatic nitrogens is 2. The second-order valence-corrected chi connectivity index (χ2v) is 2.74. The van der Waals surface area contributed by atoms with Crippen LogP contribution in [-0.2, 0) is 0 Å². The van der Waals surface area contributed by atoms with Gasteiger partial charge in [0.1, 0.15) is 11.8 Å². The molecule has 0 aliphatic heterocycles. The minimum atomic E-state index is -2.63. The molecule has 14 heavy (non-hydrogen) atoms. The van der Waals surface area contributed by atoms with E-state index in [-0.39, 0.29) is 11.4 Å². The molecule has 0 spiro atoms. The second-order valence-electron chi connectivity index (χ2n) is 2.74. The summed E-state index contributed by atoms with van der Waals surface area (Å²) in [5, 5.41) is 12.1. The molecule has 1 unspecified atom stereocenters. The number of aliphatic hydroxyl groups is 1. The van der Waals surface area contributed by atoms with E-state index in [1.807, 2.05) is 0 Å². The van der Waals surface area contributed by atoms with E-state index in [1.54, 1.807) is 7.05 Å². The molecule has 0 amide bonds. The highest BCUT2D eigenvalue weighted by Crippen LogP contribution is 2.15. The maximum absolute atomic E-state index is 12.1. The SMILES string of the molecule is CNCC(O)c1cnc(C(F)F)cn1. The van der Waals surface area contributed by atoms with Crippen molar-refractivity contribution >= 4 is 0 Å². The first kappa shape index (κ1) is 10.9. The van der Waals surface area contributed by atoms with Crippen molar-refractivity contribution in [2.75, 3.05) is 13.6 Å². The number of nitrogens with zero attached hydrogens (tertiary/aromatic N) is 2. The van der Waals surface area contributed by atoms with E-state index in [2.05, 4.69) is 15.3 Å². The van der Waals surface area contributed by atoms with E-state index >= 15 is 0 Å². The number of aliphatic hydroxyl groups excluding tert-OH is 1. The third-order valence-corrected chi connectivity index (χ3v) is 1.65. The van der Waals surface area contributed by atoms with Gasteiger partial charge >= 0.3 is 0 Å². The van der Waals surface area contributed by atoms with Gasteiger partial charge in [-0.25, -0.2) is 8.78 Å². The average Bonchev–Trinajstić information content (AvgIpc) is 2.18. The van der Waals surface area contributed by atoms with Crippen molar-refractivity contribution in [2.24, 2.45) is 0 Å². The summed E-state index contributed by atoms with van der Waals surface area (Å²) >= 11 is 0. The Morgan fingerprint density at radius 2 is 1.93 bits per heavy atom. The minimum absolute atomic E-state index is 0.281. The van der Waals surface area contributed by atoms with Crippen molar-refractivity contribution in [2.45, 2.75) is 12.5 Å². The van der Waals surface area contributed by atoms with Gasteiger partial charge in [-0.3, -0.25) is 9.97 Å². The highest BCUT2D eigenvalue weighted by Gasteiger charge is 2.12. The van der Waals surface area contributed by atoms with E-state index in [0.717, 1.165) is 12.4 Å². The highest BCUT2D eigenvalue weighted by atomic mass is 19.3. The van der Waals surface area contributed by atoms with Crippen molar-refractivity contribution < 1.29 is 13.9 Å². The molecule has 6 heteroatoms. The lowest BCUT2D eigenvalue weighted by molar-refractivity contribution is 0.144. The number of hydrogen-bond acceptors (Lipinski definition) is 4. The topological polar surface area (TPSA) is 58.0 Å². The molecule has 0 saturated heterocycles. The summed E-state index contributed by atoms with van der Waals surface area (Å²) in [6, 6.07) is 0. The predicted molar refractivity (Wildman–Crippen MR) is 45.9 cm³/mol. The molecule has 1 atom stereocenters.